The SMILES string of the molecule is CNc1ccc(Br)cc1F.Cl. The second-order valence-electron chi connectivity index (χ2n) is 1.87. The zero-order chi connectivity index (χ0) is 7.56. The van der Waals surface area contributed by atoms with Crippen LogP contribution in [-0.2, 0) is 0 Å². The molecule has 1 nitrogen and oxygen atoms in total. The molecule has 1 N–H and O–H groups in total. The zero-order valence-corrected chi connectivity index (χ0v) is 8.30. The fourth-order valence-electron chi connectivity index (χ4n) is 0.692. The van der Waals surface area contributed by atoms with Crippen molar-refractivity contribution in [2.24, 2.45) is 0 Å². The molecule has 0 aliphatic heterocycles. The van der Waals surface area contributed by atoms with Gasteiger partial charge in [0.2, 0.25) is 0 Å². The van der Waals surface area contributed by atoms with E-state index in [1.807, 2.05) is 0 Å². The summed E-state index contributed by atoms with van der Waals surface area (Å²) in [7, 11) is 1.69. The minimum atomic E-state index is -0.239. The van der Waals surface area contributed by atoms with Crippen LogP contribution in [0.4, 0.5) is 10.1 Å². The summed E-state index contributed by atoms with van der Waals surface area (Å²) in [6.07, 6.45) is 0. The summed E-state index contributed by atoms with van der Waals surface area (Å²) >= 11 is 3.16. The van der Waals surface area contributed by atoms with Gasteiger partial charge in [0.05, 0.1) is 5.69 Å². The van der Waals surface area contributed by atoms with Crippen molar-refractivity contribution in [1.82, 2.24) is 0 Å². The predicted molar refractivity (Wildman–Crippen MR) is 50.9 cm³/mol. The van der Waals surface area contributed by atoms with Gasteiger partial charge < -0.3 is 5.32 Å². The normalized spacial score (nSPS) is 8.64. The predicted octanol–water partition coefficient (Wildman–Crippen LogP) is 3.05. The zero-order valence-electron chi connectivity index (χ0n) is 5.90. The highest BCUT2D eigenvalue weighted by Gasteiger charge is 1.97. The van der Waals surface area contributed by atoms with Crippen molar-refractivity contribution >= 4 is 34.0 Å². The van der Waals surface area contributed by atoms with E-state index in [1.54, 1.807) is 19.2 Å². The molecule has 0 spiro atoms. The van der Waals surface area contributed by atoms with E-state index in [4.69, 9.17) is 0 Å². The first kappa shape index (κ1) is 10.7. The van der Waals surface area contributed by atoms with Gasteiger partial charge in [-0.25, -0.2) is 4.39 Å². The summed E-state index contributed by atoms with van der Waals surface area (Å²) in [4.78, 5) is 0. The lowest BCUT2D eigenvalue weighted by Crippen LogP contribution is -1.90. The van der Waals surface area contributed by atoms with Crippen LogP contribution < -0.4 is 5.32 Å². The van der Waals surface area contributed by atoms with Crippen molar-refractivity contribution in [2.75, 3.05) is 12.4 Å². The third kappa shape index (κ3) is 2.67. The van der Waals surface area contributed by atoms with Gasteiger partial charge in [-0.2, -0.15) is 0 Å². The van der Waals surface area contributed by atoms with Crippen LogP contribution in [0.15, 0.2) is 22.7 Å². The Morgan fingerprint density at radius 1 is 1.45 bits per heavy atom. The van der Waals surface area contributed by atoms with Crippen molar-refractivity contribution in [3.8, 4) is 0 Å². The first-order chi connectivity index (χ1) is 4.74. The lowest BCUT2D eigenvalue weighted by atomic mass is 10.3. The maximum Gasteiger partial charge on any atom is 0.147 e. The molecule has 0 heterocycles. The second-order valence-corrected chi connectivity index (χ2v) is 2.79. The molecule has 11 heavy (non-hydrogen) atoms. The summed E-state index contributed by atoms with van der Waals surface area (Å²) < 4.78 is 13.5. The molecule has 0 unspecified atom stereocenters. The number of rotatable bonds is 1. The average molecular weight is 241 g/mol. The molecule has 0 aromatic heterocycles. The Bertz CT molecular complexity index is 242. The van der Waals surface area contributed by atoms with E-state index in [-0.39, 0.29) is 18.2 Å². The highest BCUT2D eigenvalue weighted by molar-refractivity contribution is 9.10. The summed E-state index contributed by atoms with van der Waals surface area (Å²) in [6.45, 7) is 0. The van der Waals surface area contributed by atoms with Crippen LogP contribution >= 0.6 is 28.3 Å². The number of hydrogen-bond acceptors (Lipinski definition) is 1. The largest absolute Gasteiger partial charge is 0.386 e. The second kappa shape index (κ2) is 4.57. The van der Waals surface area contributed by atoms with Crippen molar-refractivity contribution in [3.63, 3.8) is 0 Å². The fourth-order valence-corrected chi connectivity index (χ4v) is 1.03. The number of hydrogen-bond donors (Lipinski definition) is 1. The highest BCUT2D eigenvalue weighted by Crippen LogP contribution is 2.18. The fraction of sp³-hybridized carbons (Fsp3) is 0.143. The van der Waals surface area contributed by atoms with Crippen LogP contribution in [0.2, 0.25) is 0 Å². The van der Waals surface area contributed by atoms with Gasteiger partial charge in [0.15, 0.2) is 0 Å². The number of halogens is 3. The third-order valence-electron chi connectivity index (χ3n) is 1.20. The summed E-state index contributed by atoms with van der Waals surface area (Å²) in [5, 5.41) is 2.73. The molecule has 0 aliphatic carbocycles. The molecule has 0 amide bonds. The minimum absolute atomic E-state index is 0. The van der Waals surface area contributed by atoms with E-state index in [2.05, 4.69) is 21.2 Å². The molecule has 0 saturated carbocycles. The molecule has 1 rings (SSSR count). The topological polar surface area (TPSA) is 12.0 Å². The third-order valence-corrected chi connectivity index (χ3v) is 1.69. The lowest BCUT2D eigenvalue weighted by Gasteiger charge is -2.00. The Labute approximate surface area is 79.5 Å². The monoisotopic (exact) mass is 239 g/mol. The Morgan fingerprint density at radius 2 is 2.09 bits per heavy atom. The van der Waals surface area contributed by atoms with Gasteiger partial charge in [-0.15, -0.1) is 12.4 Å². The summed E-state index contributed by atoms with van der Waals surface area (Å²) in [6, 6.07) is 4.89. The van der Waals surface area contributed by atoms with Crippen LogP contribution in [-0.4, -0.2) is 7.05 Å². The van der Waals surface area contributed by atoms with Crippen LogP contribution in [0.25, 0.3) is 0 Å². The minimum Gasteiger partial charge on any atom is -0.386 e. The van der Waals surface area contributed by atoms with Crippen LogP contribution in [0, 0.1) is 5.82 Å². The maximum atomic E-state index is 12.8. The Kier molecular flexibility index (Phi) is 4.45. The van der Waals surface area contributed by atoms with Crippen LogP contribution in [0.3, 0.4) is 0 Å². The lowest BCUT2D eigenvalue weighted by molar-refractivity contribution is 0.630. The van der Waals surface area contributed by atoms with Gasteiger partial charge in [-0.3, -0.25) is 0 Å². The smallest absolute Gasteiger partial charge is 0.147 e. The number of benzene rings is 1. The van der Waals surface area contributed by atoms with Gasteiger partial charge in [0.1, 0.15) is 5.82 Å². The molecule has 1 aromatic carbocycles. The summed E-state index contributed by atoms with van der Waals surface area (Å²) in [5.41, 5.74) is 0.517. The molecule has 4 heteroatoms. The van der Waals surface area contributed by atoms with Crippen molar-refractivity contribution in [2.45, 2.75) is 0 Å². The van der Waals surface area contributed by atoms with Crippen LogP contribution in [0.1, 0.15) is 0 Å². The molecule has 0 atom stereocenters. The quantitative estimate of drug-likeness (QED) is 0.795. The first-order valence-corrected chi connectivity index (χ1v) is 3.66. The van der Waals surface area contributed by atoms with Crippen molar-refractivity contribution in [1.29, 1.82) is 0 Å². The van der Waals surface area contributed by atoms with Crippen molar-refractivity contribution < 1.29 is 4.39 Å². The molecule has 62 valence electrons. The van der Waals surface area contributed by atoms with Crippen LogP contribution in [0.5, 0.6) is 0 Å². The molecule has 1 aromatic rings. The van der Waals surface area contributed by atoms with Gasteiger partial charge in [0.25, 0.3) is 0 Å². The first-order valence-electron chi connectivity index (χ1n) is 2.87. The highest BCUT2D eigenvalue weighted by atomic mass is 79.9. The Balaban J connectivity index is 0.000001000. The number of anilines is 1. The van der Waals surface area contributed by atoms with Crippen molar-refractivity contribution in [3.05, 3.63) is 28.5 Å². The van der Waals surface area contributed by atoms with E-state index < -0.39 is 0 Å². The van der Waals surface area contributed by atoms with Gasteiger partial charge in [-0.1, -0.05) is 15.9 Å². The molecular formula is C7H8BrClFN. The maximum absolute atomic E-state index is 12.8. The molecule has 0 fully saturated rings. The van der Waals surface area contributed by atoms with Gasteiger partial charge in [0, 0.05) is 11.5 Å². The van der Waals surface area contributed by atoms with E-state index in [0.29, 0.717) is 5.69 Å². The standard InChI is InChI=1S/C7H7BrFN.ClH/c1-10-7-3-2-5(8)4-6(7)9;/h2-4,10H,1H3;1H. The molecule has 0 bridgehead atoms. The Hall–Kier alpha value is -0.280. The number of nitrogens with one attached hydrogen (secondary N) is 1. The van der Waals surface area contributed by atoms with Gasteiger partial charge in [-0.05, 0) is 18.2 Å². The Morgan fingerprint density at radius 3 is 2.55 bits per heavy atom. The van der Waals surface area contributed by atoms with Gasteiger partial charge >= 0.3 is 0 Å². The molecule has 0 radical (unpaired) electrons. The molecule has 0 saturated heterocycles. The van der Waals surface area contributed by atoms with E-state index >= 15 is 0 Å². The molecular weight excluding hydrogens is 232 g/mol. The van der Waals surface area contributed by atoms with E-state index in [0.717, 1.165) is 4.47 Å². The van der Waals surface area contributed by atoms with E-state index in [9.17, 15) is 4.39 Å². The molecule has 0 aliphatic rings. The van der Waals surface area contributed by atoms with E-state index in [1.165, 1.54) is 6.07 Å². The summed E-state index contributed by atoms with van der Waals surface area (Å²) in [5.74, 6) is -0.239. The average Bonchev–Trinajstić information content (AvgIpc) is 1.88.